The number of hydrogen-bond donors (Lipinski definition) is 2. The number of esters is 2. The fourth-order valence-corrected chi connectivity index (χ4v) is 8.15. The number of thioether (sulfide) groups is 2. The number of nitrogens with two attached hydrogens (primary N) is 2. The van der Waals surface area contributed by atoms with Gasteiger partial charge in [0.1, 0.15) is 12.1 Å². The Morgan fingerprint density at radius 3 is 1.43 bits per heavy atom. The number of fused-ring (bicyclic) bond motifs is 1. The molecule has 0 aromatic rings. The van der Waals surface area contributed by atoms with Gasteiger partial charge < -0.3 is 20.9 Å². The lowest BCUT2D eigenvalue weighted by molar-refractivity contribution is -0.166. The highest BCUT2D eigenvalue weighted by atomic mass is 32.2. The van der Waals surface area contributed by atoms with E-state index in [2.05, 4.69) is 0 Å². The molecule has 0 spiro atoms. The summed E-state index contributed by atoms with van der Waals surface area (Å²) in [7, 11) is 0. The van der Waals surface area contributed by atoms with E-state index in [0.717, 1.165) is 9.80 Å². The molecule has 0 aromatic carbocycles. The van der Waals surface area contributed by atoms with Crippen LogP contribution >= 0.6 is 23.5 Å². The van der Waals surface area contributed by atoms with Crippen molar-refractivity contribution in [2.24, 2.45) is 58.8 Å². The Kier molecular flexibility index (Phi) is 8.33. The number of rotatable bonds is 12. The number of likely N-dealkylation sites (tertiary alicyclic amines) is 2. The van der Waals surface area contributed by atoms with Crippen LogP contribution in [0.25, 0.3) is 0 Å². The minimum atomic E-state index is -0.846. The lowest BCUT2D eigenvalue weighted by Crippen LogP contribution is -2.63. The van der Waals surface area contributed by atoms with Gasteiger partial charge in [-0.3, -0.25) is 28.8 Å². The van der Waals surface area contributed by atoms with Crippen LogP contribution in [0.15, 0.2) is 12.2 Å². The molecule has 0 radical (unpaired) electrons. The number of ether oxygens (including phenoxy) is 2. The van der Waals surface area contributed by atoms with Gasteiger partial charge in [-0.25, -0.2) is 9.80 Å². The second-order valence-corrected chi connectivity index (χ2v) is 12.9. The van der Waals surface area contributed by atoms with E-state index < -0.39 is 96.6 Å². The molecule has 4 fully saturated rings. The Morgan fingerprint density at radius 1 is 0.725 bits per heavy atom. The third kappa shape index (κ3) is 4.56. The molecule has 40 heavy (non-hydrogen) atoms. The van der Waals surface area contributed by atoms with Crippen molar-refractivity contribution in [2.75, 3.05) is 37.5 Å². The molecule has 2 saturated heterocycles. The zero-order valence-electron chi connectivity index (χ0n) is 22.3. The zero-order chi connectivity index (χ0) is 28.9. The highest BCUT2D eigenvalue weighted by Crippen LogP contribution is 2.68. The predicted octanol–water partition coefficient (Wildman–Crippen LogP) is -0.587. The second-order valence-electron chi connectivity index (χ2n) is 11.0. The van der Waals surface area contributed by atoms with Gasteiger partial charge in [-0.05, 0) is 60.5 Å². The van der Waals surface area contributed by atoms with Crippen molar-refractivity contribution in [3.05, 3.63) is 12.2 Å². The minimum absolute atomic E-state index is 0.276. The van der Waals surface area contributed by atoms with Gasteiger partial charge in [0.25, 0.3) is 0 Å². The van der Waals surface area contributed by atoms with Crippen LogP contribution in [-0.2, 0) is 38.2 Å². The van der Waals surface area contributed by atoms with Crippen molar-refractivity contribution in [3.63, 3.8) is 0 Å². The summed E-state index contributed by atoms with van der Waals surface area (Å²) in [6.45, 7) is -1.00. The standard InChI is InChI=1S/C26H34N4O8S2/c1-39-7-5-13(27)25(35)37-9-29-21(31)17-11-3-4-12(18(17)22(29)32)16-15(11)19-20(16)24(34)30(23(19)33)10-38-26(36)14(28)6-8-40-2/h3-4,11-20H,5-10,27-28H2,1-2H3/t11-,12-,13-,14-,15-,16-,17+,18+,19-,20-/m1/s1. The molecule has 4 amide bonds. The molecular weight excluding hydrogens is 560 g/mol. The summed E-state index contributed by atoms with van der Waals surface area (Å²) in [5.41, 5.74) is 11.7. The number of carbonyl (C=O) groups is 6. The lowest BCUT2D eigenvalue weighted by Gasteiger charge is -2.60. The van der Waals surface area contributed by atoms with Gasteiger partial charge in [0.2, 0.25) is 23.6 Å². The van der Waals surface area contributed by atoms with Gasteiger partial charge in [0.15, 0.2) is 13.5 Å². The normalized spacial score (nSPS) is 34.8. The Labute approximate surface area is 240 Å². The number of hydrogen-bond acceptors (Lipinski definition) is 12. The maximum atomic E-state index is 13.4. The molecule has 6 aliphatic rings. The number of imide groups is 2. The van der Waals surface area contributed by atoms with Crippen LogP contribution in [0.1, 0.15) is 12.8 Å². The molecule has 2 bridgehead atoms. The summed E-state index contributed by atoms with van der Waals surface area (Å²) < 4.78 is 10.4. The van der Waals surface area contributed by atoms with E-state index in [4.69, 9.17) is 20.9 Å². The first-order chi connectivity index (χ1) is 19.1. The van der Waals surface area contributed by atoms with Gasteiger partial charge in [0, 0.05) is 0 Å². The smallest absolute Gasteiger partial charge is 0.324 e. The SMILES string of the molecule is CSCC[C@@H](N)C(=O)OCN1C(=O)[C@H]2[C@@H]3C=C[C@@H]([C@@H]2C1=O)[C@H]1[C@H]2C(=O)N(COC(=O)[C@H](N)CCSC)C(=O)[C@@H]2[C@H]31. The van der Waals surface area contributed by atoms with E-state index >= 15 is 0 Å². The molecule has 14 heteroatoms. The molecular formula is C26H34N4O8S2. The van der Waals surface area contributed by atoms with Crippen LogP contribution in [0.4, 0.5) is 0 Å². The zero-order valence-corrected chi connectivity index (χ0v) is 23.9. The van der Waals surface area contributed by atoms with E-state index in [1.165, 1.54) is 0 Å². The first kappa shape index (κ1) is 29.1. The topological polar surface area (TPSA) is 179 Å². The maximum Gasteiger partial charge on any atom is 0.324 e. The molecule has 10 atom stereocenters. The molecule has 0 unspecified atom stereocenters. The van der Waals surface area contributed by atoms with Crippen LogP contribution in [0.5, 0.6) is 0 Å². The minimum Gasteiger partial charge on any atom is -0.443 e. The van der Waals surface area contributed by atoms with Crippen molar-refractivity contribution in [3.8, 4) is 0 Å². The van der Waals surface area contributed by atoms with Crippen molar-refractivity contribution in [2.45, 2.75) is 24.9 Å². The van der Waals surface area contributed by atoms with Crippen LogP contribution in [0, 0.1) is 47.3 Å². The number of allylic oxidation sites excluding steroid dienone is 2. The van der Waals surface area contributed by atoms with Crippen LogP contribution in [-0.4, -0.2) is 94.9 Å². The maximum absolute atomic E-state index is 13.4. The molecule has 2 aliphatic heterocycles. The van der Waals surface area contributed by atoms with E-state index in [9.17, 15) is 28.8 Å². The van der Waals surface area contributed by atoms with E-state index in [1.807, 2.05) is 24.7 Å². The summed E-state index contributed by atoms with van der Waals surface area (Å²) in [5.74, 6) is -5.74. The summed E-state index contributed by atoms with van der Waals surface area (Å²) in [6.07, 6.45) is 8.38. The average Bonchev–Trinajstić information content (AvgIpc) is 3.30. The third-order valence-electron chi connectivity index (χ3n) is 9.07. The molecule has 12 nitrogen and oxygen atoms in total. The van der Waals surface area contributed by atoms with E-state index in [0.29, 0.717) is 24.3 Å². The third-order valence-corrected chi connectivity index (χ3v) is 10.4. The average molecular weight is 595 g/mol. The highest BCUT2D eigenvalue weighted by molar-refractivity contribution is 7.98. The van der Waals surface area contributed by atoms with E-state index in [-0.39, 0.29) is 11.8 Å². The number of carbonyl (C=O) groups excluding carboxylic acids is 6. The Morgan fingerprint density at radius 2 is 1.07 bits per heavy atom. The molecule has 2 saturated carbocycles. The molecule has 218 valence electrons. The van der Waals surface area contributed by atoms with Crippen molar-refractivity contribution < 1.29 is 38.2 Å². The Balaban J connectivity index is 1.25. The molecule has 4 N–H and O–H groups in total. The summed E-state index contributed by atoms with van der Waals surface area (Å²) in [5, 5.41) is 0. The van der Waals surface area contributed by atoms with Gasteiger partial charge in [0.05, 0.1) is 23.7 Å². The second kappa shape index (κ2) is 11.5. The molecule has 6 rings (SSSR count). The van der Waals surface area contributed by atoms with Crippen LogP contribution in [0.2, 0.25) is 0 Å². The van der Waals surface area contributed by atoms with Crippen molar-refractivity contribution in [1.29, 1.82) is 0 Å². The van der Waals surface area contributed by atoms with Crippen LogP contribution in [0.3, 0.4) is 0 Å². The lowest BCUT2D eigenvalue weighted by atomic mass is 9.40. The largest absolute Gasteiger partial charge is 0.443 e. The van der Waals surface area contributed by atoms with Crippen molar-refractivity contribution >= 4 is 59.1 Å². The van der Waals surface area contributed by atoms with Gasteiger partial charge in [-0.15, -0.1) is 0 Å². The Bertz CT molecular complexity index is 1090. The fourth-order valence-electron chi connectivity index (χ4n) is 7.17. The van der Waals surface area contributed by atoms with E-state index in [1.54, 1.807) is 23.5 Å². The Hall–Kier alpha value is -2.42. The molecule has 4 aliphatic carbocycles. The monoisotopic (exact) mass is 594 g/mol. The highest BCUT2D eigenvalue weighted by Gasteiger charge is 2.75. The first-order valence-corrected chi connectivity index (χ1v) is 16.1. The summed E-state index contributed by atoms with van der Waals surface area (Å²) in [4.78, 5) is 79.9. The van der Waals surface area contributed by atoms with Crippen molar-refractivity contribution in [1.82, 2.24) is 9.80 Å². The van der Waals surface area contributed by atoms with Gasteiger partial charge >= 0.3 is 11.9 Å². The quantitative estimate of drug-likeness (QED) is 0.167. The van der Waals surface area contributed by atoms with Gasteiger partial charge in [-0.1, -0.05) is 12.2 Å². The summed E-state index contributed by atoms with van der Waals surface area (Å²) >= 11 is 3.08. The molecule has 0 aromatic heterocycles. The number of amides is 4. The first-order valence-electron chi connectivity index (χ1n) is 13.3. The number of nitrogens with zero attached hydrogens (tertiary/aromatic N) is 2. The predicted molar refractivity (Wildman–Crippen MR) is 145 cm³/mol. The molecule has 2 heterocycles. The fraction of sp³-hybridized carbons (Fsp3) is 0.692. The summed E-state index contributed by atoms with van der Waals surface area (Å²) in [6, 6.07) is -1.69. The van der Waals surface area contributed by atoms with Crippen LogP contribution < -0.4 is 11.5 Å². The van der Waals surface area contributed by atoms with Gasteiger partial charge in [-0.2, -0.15) is 23.5 Å².